The molecule has 1 saturated carbocycles. The summed E-state index contributed by atoms with van der Waals surface area (Å²) >= 11 is 0. The van der Waals surface area contributed by atoms with Crippen LogP contribution in [0, 0.1) is 11.7 Å². The second-order valence-corrected chi connectivity index (χ2v) is 9.10. The lowest BCUT2D eigenvalue weighted by Crippen LogP contribution is -2.45. The van der Waals surface area contributed by atoms with Crippen LogP contribution in [-0.2, 0) is 14.8 Å². The van der Waals surface area contributed by atoms with Crippen LogP contribution in [0.15, 0.2) is 29.2 Å². The third-order valence-corrected chi connectivity index (χ3v) is 7.26. The van der Waals surface area contributed by atoms with Gasteiger partial charge in [-0.05, 0) is 55.9 Å². The summed E-state index contributed by atoms with van der Waals surface area (Å²) < 4.78 is 39.2. The summed E-state index contributed by atoms with van der Waals surface area (Å²) in [5.74, 6) is -0.0674. The highest BCUT2D eigenvalue weighted by atomic mass is 32.2. The minimum Gasteiger partial charge on any atom is -0.338 e. The van der Waals surface area contributed by atoms with Crippen molar-refractivity contribution in [3.05, 3.63) is 30.1 Å². The van der Waals surface area contributed by atoms with Gasteiger partial charge in [0.15, 0.2) is 0 Å². The molecule has 1 aliphatic carbocycles. The van der Waals surface area contributed by atoms with Crippen LogP contribution in [0.2, 0.25) is 0 Å². The Morgan fingerprint density at radius 1 is 1.16 bits per heavy atom. The second kappa shape index (κ2) is 7.41. The van der Waals surface area contributed by atoms with Crippen LogP contribution >= 0.6 is 0 Å². The molecule has 1 amide bonds. The summed E-state index contributed by atoms with van der Waals surface area (Å²) in [5.41, 5.74) is 0. The van der Waals surface area contributed by atoms with Gasteiger partial charge < -0.3 is 4.90 Å². The maximum absolute atomic E-state index is 13.0. The first-order chi connectivity index (χ1) is 11.9. The fourth-order valence-electron chi connectivity index (χ4n) is 4.09. The number of benzene rings is 1. The van der Waals surface area contributed by atoms with Gasteiger partial charge in [-0.15, -0.1) is 0 Å². The lowest BCUT2D eigenvalue weighted by molar-refractivity contribution is -0.132. The van der Waals surface area contributed by atoms with E-state index in [1.54, 1.807) is 0 Å². The van der Waals surface area contributed by atoms with E-state index in [1.165, 1.54) is 32.0 Å². The Hall–Kier alpha value is -1.47. The highest BCUT2D eigenvalue weighted by Gasteiger charge is 2.36. The van der Waals surface area contributed by atoms with E-state index >= 15 is 0 Å². The number of likely N-dealkylation sites (tertiary alicyclic amines) is 1. The Labute approximate surface area is 148 Å². The highest BCUT2D eigenvalue weighted by molar-refractivity contribution is 7.89. The summed E-state index contributed by atoms with van der Waals surface area (Å²) in [7, 11) is -2.40. The van der Waals surface area contributed by atoms with E-state index in [4.69, 9.17) is 0 Å². The van der Waals surface area contributed by atoms with Crippen molar-refractivity contribution in [3.63, 3.8) is 0 Å². The SMILES string of the molecule is CN(CC(=O)N1CCC[C@@H]1C1CCCC1)S(=O)(=O)c1ccc(F)cc1. The monoisotopic (exact) mass is 368 g/mol. The van der Waals surface area contributed by atoms with Gasteiger partial charge in [-0.25, -0.2) is 12.8 Å². The molecule has 0 unspecified atom stereocenters. The Bertz CT molecular complexity index is 714. The first kappa shape index (κ1) is 18.3. The molecule has 1 aromatic rings. The fraction of sp³-hybridized carbons (Fsp3) is 0.611. The van der Waals surface area contributed by atoms with Gasteiger partial charge in [0.05, 0.1) is 11.4 Å². The van der Waals surface area contributed by atoms with Crippen molar-refractivity contribution in [2.45, 2.75) is 49.5 Å². The Kier molecular flexibility index (Phi) is 5.43. The second-order valence-electron chi connectivity index (χ2n) is 7.06. The van der Waals surface area contributed by atoms with E-state index in [9.17, 15) is 17.6 Å². The molecule has 2 fully saturated rings. The van der Waals surface area contributed by atoms with Crippen molar-refractivity contribution in [1.29, 1.82) is 0 Å². The normalized spacial score (nSPS) is 22.0. The molecule has 25 heavy (non-hydrogen) atoms. The van der Waals surface area contributed by atoms with Crippen molar-refractivity contribution in [2.75, 3.05) is 20.1 Å². The number of carbonyl (C=O) groups is 1. The number of likely N-dealkylation sites (N-methyl/N-ethyl adjacent to an activating group) is 1. The zero-order valence-corrected chi connectivity index (χ0v) is 15.3. The van der Waals surface area contributed by atoms with E-state index in [2.05, 4.69) is 0 Å². The molecule has 0 bridgehead atoms. The maximum atomic E-state index is 13.0. The molecule has 1 heterocycles. The van der Waals surface area contributed by atoms with E-state index in [0.29, 0.717) is 12.5 Å². The Morgan fingerprint density at radius 3 is 2.44 bits per heavy atom. The first-order valence-electron chi connectivity index (χ1n) is 8.91. The number of hydrogen-bond donors (Lipinski definition) is 0. The summed E-state index contributed by atoms with van der Waals surface area (Å²) in [6, 6.07) is 4.93. The van der Waals surface area contributed by atoms with Crippen molar-refractivity contribution in [1.82, 2.24) is 9.21 Å². The van der Waals surface area contributed by atoms with Gasteiger partial charge in [0, 0.05) is 19.6 Å². The number of sulfonamides is 1. The molecule has 1 saturated heterocycles. The quantitative estimate of drug-likeness (QED) is 0.803. The molecule has 1 atom stereocenters. The summed E-state index contributed by atoms with van der Waals surface area (Å²) in [4.78, 5) is 14.6. The Morgan fingerprint density at radius 2 is 1.80 bits per heavy atom. The zero-order valence-electron chi connectivity index (χ0n) is 14.5. The molecule has 138 valence electrons. The molecular formula is C18H25FN2O3S. The van der Waals surface area contributed by atoms with Crippen LogP contribution in [0.3, 0.4) is 0 Å². The van der Waals surface area contributed by atoms with Gasteiger partial charge in [0.25, 0.3) is 0 Å². The van der Waals surface area contributed by atoms with Gasteiger partial charge in [0.1, 0.15) is 5.82 Å². The van der Waals surface area contributed by atoms with E-state index < -0.39 is 15.8 Å². The van der Waals surface area contributed by atoms with Crippen LogP contribution in [0.5, 0.6) is 0 Å². The number of amides is 1. The van der Waals surface area contributed by atoms with Gasteiger partial charge in [-0.1, -0.05) is 12.8 Å². The lowest BCUT2D eigenvalue weighted by atomic mass is 9.96. The van der Waals surface area contributed by atoms with E-state index in [0.717, 1.165) is 42.1 Å². The van der Waals surface area contributed by atoms with Crippen LogP contribution in [-0.4, -0.2) is 49.7 Å². The predicted octanol–water partition coefficient (Wildman–Crippen LogP) is 2.63. The molecule has 1 aromatic carbocycles. The fourth-order valence-corrected chi connectivity index (χ4v) is 5.21. The van der Waals surface area contributed by atoms with Crippen molar-refractivity contribution < 1.29 is 17.6 Å². The van der Waals surface area contributed by atoms with Gasteiger partial charge >= 0.3 is 0 Å². The third kappa shape index (κ3) is 3.87. The molecule has 3 rings (SSSR count). The zero-order chi connectivity index (χ0) is 18.0. The van der Waals surface area contributed by atoms with Gasteiger partial charge in [-0.2, -0.15) is 4.31 Å². The molecule has 0 N–H and O–H groups in total. The van der Waals surface area contributed by atoms with E-state index in [1.807, 2.05) is 4.90 Å². The summed E-state index contributed by atoms with van der Waals surface area (Å²) in [6.07, 6.45) is 6.78. The maximum Gasteiger partial charge on any atom is 0.243 e. The minimum absolute atomic E-state index is 0.00188. The van der Waals surface area contributed by atoms with E-state index in [-0.39, 0.29) is 23.4 Å². The van der Waals surface area contributed by atoms with Crippen molar-refractivity contribution >= 4 is 15.9 Å². The van der Waals surface area contributed by atoms with Gasteiger partial charge in [0.2, 0.25) is 15.9 Å². The average Bonchev–Trinajstić information content (AvgIpc) is 3.26. The van der Waals surface area contributed by atoms with Crippen LogP contribution in [0.1, 0.15) is 38.5 Å². The lowest BCUT2D eigenvalue weighted by Gasteiger charge is -2.30. The minimum atomic E-state index is -3.80. The third-order valence-electron chi connectivity index (χ3n) is 5.44. The van der Waals surface area contributed by atoms with Crippen LogP contribution < -0.4 is 0 Å². The number of carbonyl (C=O) groups excluding carboxylic acids is 1. The molecule has 5 nitrogen and oxygen atoms in total. The summed E-state index contributed by atoms with van der Waals surface area (Å²) in [6.45, 7) is 0.535. The van der Waals surface area contributed by atoms with Crippen molar-refractivity contribution in [2.24, 2.45) is 5.92 Å². The number of halogens is 1. The predicted molar refractivity (Wildman–Crippen MR) is 92.9 cm³/mol. The number of rotatable bonds is 5. The van der Waals surface area contributed by atoms with Crippen LogP contribution in [0.4, 0.5) is 4.39 Å². The molecule has 7 heteroatoms. The summed E-state index contributed by atoms with van der Waals surface area (Å²) in [5, 5.41) is 0. The molecule has 2 aliphatic rings. The molecule has 0 spiro atoms. The molecule has 0 aromatic heterocycles. The first-order valence-corrected chi connectivity index (χ1v) is 10.3. The van der Waals surface area contributed by atoms with Gasteiger partial charge in [-0.3, -0.25) is 4.79 Å². The largest absolute Gasteiger partial charge is 0.338 e. The van der Waals surface area contributed by atoms with Crippen molar-refractivity contribution in [3.8, 4) is 0 Å². The average molecular weight is 368 g/mol. The molecular weight excluding hydrogens is 343 g/mol. The number of nitrogens with zero attached hydrogens (tertiary/aromatic N) is 2. The topological polar surface area (TPSA) is 57.7 Å². The Balaban J connectivity index is 1.68. The smallest absolute Gasteiger partial charge is 0.243 e. The number of hydrogen-bond acceptors (Lipinski definition) is 3. The molecule has 1 aliphatic heterocycles. The molecule has 0 radical (unpaired) electrons. The standard InChI is InChI=1S/C18H25FN2O3S/c1-20(25(23,24)16-10-8-15(19)9-11-16)13-18(22)21-12-4-7-17(21)14-5-2-3-6-14/h8-11,14,17H,2-7,12-13H2,1H3/t17-/m1/s1. The van der Waals surface area contributed by atoms with Crippen LogP contribution in [0.25, 0.3) is 0 Å². The highest BCUT2D eigenvalue weighted by Crippen LogP contribution is 2.35.